The monoisotopic (exact) mass is 280 g/mol. The first-order chi connectivity index (χ1) is 9.10. The van der Waals surface area contributed by atoms with Crippen LogP contribution in [-0.4, -0.2) is 9.97 Å². The SMILES string of the molecule is Cc1cnc(C(Cc2ccc(F)c(Cl)c2)NN)cn1. The molecule has 0 fully saturated rings. The van der Waals surface area contributed by atoms with Crippen molar-refractivity contribution in [2.24, 2.45) is 5.84 Å². The molecule has 0 spiro atoms. The maximum Gasteiger partial charge on any atom is 0.141 e. The third-order valence-electron chi connectivity index (χ3n) is 2.78. The molecule has 6 heteroatoms. The molecule has 100 valence electrons. The van der Waals surface area contributed by atoms with Gasteiger partial charge in [0, 0.05) is 6.20 Å². The first-order valence-corrected chi connectivity index (χ1v) is 6.16. The molecule has 2 rings (SSSR count). The molecule has 19 heavy (non-hydrogen) atoms. The molecule has 1 aromatic heterocycles. The Labute approximate surface area is 115 Å². The van der Waals surface area contributed by atoms with Gasteiger partial charge in [0.25, 0.3) is 0 Å². The van der Waals surface area contributed by atoms with Crippen LogP contribution in [0.5, 0.6) is 0 Å². The Hall–Kier alpha value is -1.56. The molecule has 3 N–H and O–H groups in total. The van der Waals surface area contributed by atoms with Crippen molar-refractivity contribution in [1.29, 1.82) is 0 Å². The third kappa shape index (κ3) is 3.47. The Morgan fingerprint density at radius 3 is 2.74 bits per heavy atom. The van der Waals surface area contributed by atoms with Crippen molar-refractivity contribution < 1.29 is 4.39 Å². The van der Waals surface area contributed by atoms with Crippen molar-refractivity contribution >= 4 is 11.6 Å². The van der Waals surface area contributed by atoms with Crippen molar-refractivity contribution in [2.45, 2.75) is 19.4 Å². The summed E-state index contributed by atoms with van der Waals surface area (Å²) in [5.74, 6) is 5.10. The van der Waals surface area contributed by atoms with E-state index in [1.807, 2.05) is 6.92 Å². The number of nitrogens with two attached hydrogens (primary N) is 1. The van der Waals surface area contributed by atoms with Crippen LogP contribution in [0.25, 0.3) is 0 Å². The lowest BCUT2D eigenvalue weighted by atomic mass is 10.0. The number of nitrogens with zero attached hydrogens (tertiary/aromatic N) is 2. The number of hydrogen-bond donors (Lipinski definition) is 2. The minimum Gasteiger partial charge on any atom is -0.271 e. The van der Waals surface area contributed by atoms with E-state index in [0.29, 0.717) is 6.42 Å². The van der Waals surface area contributed by atoms with Crippen LogP contribution in [-0.2, 0) is 6.42 Å². The van der Waals surface area contributed by atoms with Gasteiger partial charge in [-0.25, -0.2) is 4.39 Å². The van der Waals surface area contributed by atoms with E-state index < -0.39 is 5.82 Å². The molecule has 0 amide bonds. The van der Waals surface area contributed by atoms with Crippen molar-refractivity contribution in [1.82, 2.24) is 15.4 Å². The number of rotatable bonds is 4. The van der Waals surface area contributed by atoms with Crippen molar-refractivity contribution in [2.75, 3.05) is 0 Å². The second-order valence-corrected chi connectivity index (χ2v) is 4.66. The lowest BCUT2D eigenvalue weighted by molar-refractivity contribution is 0.535. The average Bonchev–Trinajstić information content (AvgIpc) is 2.41. The van der Waals surface area contributed by atoms with E-state index in [-0.39, 0.29) is 11.1 Å². The van der Waals surface area contributed by atoms with Gasteiger partial charge >= 0.3 is 0 Å². The van der Waals surface area contributed by atoms with Gasteiger partial charge < -0.3 is 0 Å². The molecule has 0 saturated carbocycles. The highest BCUT2D eigenvalue weighted by Crippen LogP contribution is 2.20. The van der Waals surface area contributed by atoms with Gasteiger partial charge in [-0.1, -0.05) is 17.7 Å². The Morgan fingerprint density at radius 1 is 1.37 bits per heavy atom. The van der Waals surface area contributed by atoms with E-state index in [9.17, 15) is 4.39 Å². The quantitative estimate of drug-likeness (QED) is 0.666. The molecule has 0 bridgehead atoms. The van der Waals surface area contributed by atoms with E-state index in [1.165, 1.54) is 6.07 Å². The molecule has 0 aliphatic rings. The van der Waals surface area contributed by atoms with E-state index in [1.54, 1.807) is 24.5 Å². The van der Waals surface area contributed by atoms with Crippen molar-refractivity contribution in [3.63, 3.8) is 0 Å². The first kappa shape index (κ1) is 13.9. The molecule has 0 aliphatic heterocycles. The summed E-state index contributed by atoms with van der Waals surface area (Å²) in [6.07, 6.45) is 3.90. The Balaban J connectivity index is 2.18. The number of aryl methyl sites for hydroxylation is 1. The molecule has 0 aliphatic carbocycles. The maximum absolute atomic E-state index is 13.1. The number of aromatic nitrogens is 2. The van der Waals surface area contributed by atoms with Crippen LogP contribution in [0.15, 0.2) is 30.6 Å². The van der Waals surface area contributed by atoms with Crippen LogP contribution >= 0.6 is 11.6 Å². The van der Waals surface area contributed by atoms with E-state index in [4.69, 9.17) is 17.4 Å². The molecule has 2 aromatic rings. The summed E-state index contributed by atoms with van der Waals surface area (Å²) in [6.45, 7) is 1.86. The van der Waals surface area contributed by atoms with Gasteiger partial charge in [-0.2, -0.15) is 0 Å². The smallest absolute Gasteiger partial charge is 0.141 e. The minimum absolute atomic E-state index is 0.100. The number of nitrogens with one attached hydrogen (secondary N) is 1. The Bertz CT molecular complexity index is 559. The standard InChI is InChI=1S/C13H14ClFN4/c1-8-6-18-13(7-17-8)12(19-16)5-9-2-3-11(15)10(14)4-9/h2-4,6-7,12,19H,5,16H2,1H3. The van der Waals surface area contributed by atoms with E-state index >= 15 is 0 Å². The molecular formula is C13H14ClFN4. The zero-order valence-electron chi connectivity index (χ0n) is 10.4. The number of hydrogen-bond acceptors (Lipinski definition) is 4. The van der Waals surface area contributed by atoms with Crippen LogP contribution in [0.4, 0.5) is 4.39 Å². The highest BCUT2D eigenvalue weighted by molar-refractivity contribution is 6.30. The van der Waals surface area contributed by atoms with Crippen LogP contribution in [0, 0.1) is 12.7 Å². The van der Waals surface area contributed by atoms with Gasteiger partial charge in [-0.15, -0.1) is 0 Å². The fourth-order valence-electron chi connectivity index (χ4n) is 1.73. The molecule has 1 atom stereocenters. The fourth-order valence-corrected chi connectivity index (χ4v) is 1.94. The maximum atomic E-state index is 13.1. The molecule has 4 nitrogen and oxygen atoms in total. The van der Waals surface area contributed by atoms with E-state index in [0.717, 1.165) is 17.0 Å². The second-order valence-electron chi connectivity index (χ2n) is 4.25. The molecule has 1 heterocycles. The van der Waals surface area contributed by atoms with Gasteiger partial charge in [0.15, 0.2) is 0 Å². The summed E-state index contributed by atoms with van der Waals surface area (Å²) >= 11 is 5.75. The first-order valence-electron chi connectivity index (χ1n) is 5.78. The Kier molecular flexibility index (Phi) is 4.42. The topological polar surface area (TPSA) is 63.8 Å². The lowest BCUT2D eigenvalue weighted by Crippen LogP contribution is -2.30. The van der Waals surface area contributed by atoms with Crippen LogP contribution in [0.3, 0.4) is 0 Å². The number of hydrazine groups is 1. The molecule has 1 unspecified atom stereocenters. The summed E-state index contributed by atoms with van der Waals surface area (Å²) in [4.78, 5) is 8.45. The van der Waals surface area contributed by atoms with Crippen molar-refractivity contribution in [3.8, 4) is 0 Å². The summed E-state index contributed by atoms with van der Waals surface area (Å²) < 4.78 is 13.1. The minimum atomic E-state index is -0.433. The lowest BCUT2D eigenvalue weighted by Gasteiger charge is -2.15. The molecule has 0 radical (unpaired) electrons. The van der Waals surface area contributed by atoms with Crippen LogP contribution in [0.2, 0.25) is 5.02 Å². The van der Waals surface area contributed by atoms with Crippen LogP contribution in [0.1, 0.15) is 23.0 Å². The fraction of sp³-hybridized carbons (Fsp3) is 0.231. The largest absolute Gasteiger partial charge is 0.271 e. The summed E-state index contributed by atoms with van der Waals surface area (Å²) in [5, 5.41) is 0.100. The zero-order chi connectivity index (χ0) is 13.8. The predicted octanol–water partition coefficient (Wildman–Crippen LogP) is 2.32. The molecule has 0 saturated heterocycles. The Morgan fingerprint density at radius 2 is 2.16 bits per heavy atom. The summed E-state index contributed by atoms with van der Waals surface area (Å²) in [6, 6.07) is 4.40. The zero-order valence-corrected chi connectivity index (χ0v) is 11.2. The molecular weight excluding hydrogens is 267 g/mol. The van der Waals surface area contributed by atoms with Gasteiger partial charge in [-0.05, 0) is 31.0 Å². The number of benzene rings is 1. The van der Waals surface area contributed by atoms with Gasteiger partial charge in [0.05, 0.1) is 28.6 Å². The highest BCUT2D eigenvalue weighted by Gasteiger charge is 2.13. The summed E-state index contributed by atoms with van der Waals surface area (Å²) in [5.41, 5.74) is 5.12. The third-order valence-corrected chi connectivity index (χ3v) is 3.07. The van der Waals surface area contributed by atoms with Gasteiger partial charge in [0.2, 0.25) is 0 Å². The number of halogens is 2. The predicted molar refractivity (Wildman–Crippen MR) is 71.9 cm³/mol. The van der Waals surface area contributed by atoms with Crippen molar-refractivity contribution in [3.05, 3.63) is 58.4 Å². The second kappa shape index (κ2) is 6.06. The highest BCUT2D eigenvalue weighted by atomic mass is 35.5. The van der Waals surface area contributed by atoms with E-state index in [2.05, 4.69) is 15.4 Å². The average molecular weight is 281 g/mol. The van der Waals surface area contributed by atoms with Gasteiger partial charge in [-0.3, -0.25) is 21.2 Å². The summed E-state index contributed by atoms with van der Waals surface area (Å²) in [7, 11) is 0. The van der Waals surface area contributed by atoms with Gasteiger partial charge in [0.1, 0.15) is 5.82 Å². The normalized spacial score (nSPS) is 12.4. The van der Waals surface area contributed by atoms with Crippen LogP contribution < -0.4 is 11.3 Å². The molecule has 1 aromatic carbocycles.